The third kappa shape index (κ3) is 3.04. The predicted molar refractivity (Wildman–Crippen MR) is 80.3 cm³/mol. The molecule has 0 saturated carbocycles. The van der Waals surface area contributed by atoms with Crippen LogP contribution >= 0.6 is 11.8 Å². The molecular weight excluding hydrogens is 270 g/mol. The molecule has 5 heteroatoms. The molecule has 4 nitrogen and oxygen atoms in total. The van der Waals surface area contributed by atoms with Crippen molar-refractivity contribution in [2.45, 2.75) is 31.2 Å². The Hall–Kier alpha value is -1.33. The van der Waals surface area contributed by atoms with E-state index >= 15 is 0 Å². The number of thioether (sulfide) groups is 1. The van der Waals surface area contributed by atoms with Crippen molar-refractivity contribution in [3.05, 3.63) is 47.6 Å². The second-order valence-electron chi connectivity index (χ2n) is 5.08. The zero-order chi connectivity index (χ0) is 13.8. The van der Waals surface area contributed by atoms with Crippen molar-refractivity contribution in [2.75, 3.05) is 12.8 Å². The summed E-state index contributed by atoms with van der Waals surface area (Å²) >= 11 is 1.71. The van der Waals surface area contributed by atoms with Crippen LogP contribution in [0, 0.1) is 0 Å². The number of hydrogen-bond donors (Lipinski definition) is 0. The first-order valence-electron chi connectivity index (χ1n) is 6.96. The van der Waals surface area contributed by atoms with Crippen molar-refractivity contribution in [1.82, 2.24) is 15.0 Å². The first-order chi connectivity index (χ1) is 9.86. The van der Waals surface area contributed by atoms with Gasteiger partial charge in [0.05, 0.1) is 12.3 Å². The summed E-state index contributed by atoms with van der Waals surface area (Å²) in [5.74, 6) is 2.34. The van der Waals surface area contributed by atoms with Crippen LogP contribution in [-0.4, -0.2) is 27.8 Å². The van der Waals surface area contributed by atoms with E-state index in [2.05, 4.69) is 45.4 Å². The molecule has 1 aliphatic rings. The Morgan fingerprint density at radius 3 is 3.00 bits per heavy atom. The maximum atomic E-state index is 5.35. The smallest absolute Gasteiger partial charge is 0.240 e. The number of likely N-dealkylation sites (tertiary alicyclic amines) is 1. The van der Waals surface area contributed by atoms with Gasteiger partial charge in [0.15, 0.2) is 5.82 Å². The van der Waals surface area contributed by atoms with Crippen LogP contribution in [0.4, 0.5) is 0 Å². The zero-order valence-electron chi connectivity index (χ0n) is 11.7. The van der Waals surface area contributed by atoms with Gasteiger partial charge in [0.1, 0.15) is 0 Å². The normalized spacial score (nSPS) is 19.6. The summed E-state index contributed by atoms with van der Waals surface area (Å²) < 4.78 is 5.35. The van der Waals surface area contributed by atoms with Crippen molar-refractivity contribution < 1.29 is 4.52 Å². The summed E-state index contributed by atoms with van der Waals surface area (Å²) in [6.07, 6.45) is 4.48. The van der Waals surface area contributed by atoms with Crippen LogP contribution in [0.1, 0.15) is 36.2 Å². The molecule has 3 rings (SSSR count). The first kappa shape index (κ1) is 13.6. The molecule has 0 spiro atoms. The number of benzene rings is 1. The fourth-order valence-electron chi connectivity index (χ4n) is 2.78. The molecule has 0 amide bonds. The van der Waals surface area contributed by atoms with Gasteiger partial charge < -0.3 is 4.52 Å². The molecule has 106 valence electrons. The Morgan fingerprint density at radius 2 is 2.20 bits per heavy atom. The van der Waals surface area contributed by atoms with Gasteiger partial charge in [-0.05, 0) is 31.2 Å². The zero-order valence-corrected chi connectivity index (χ0v) is 12.5. The Kier molecular flexibility index (Phi) is 4.38. The van der Waals surface area contributed by atoms with E-state index in [0.29, 0.717) is 6.04 Å². The van der Waals surface area contributed by atoms with Crippen LogP contribution in [0.25, 0.3) is 0 Å². The van der Waals surface area contributed by atoms with Gasteiger partial charge in [-0.2, -0.15) is 16.7 Å². The topological polar surface area (TPSA) is 42.2 Å². The van der Waals surface area contributed by atoms with E-state index in [9.17, 15) is 0 Å². The highest BCUT2D eigenvalue weighted by Gasteiger charge is 2.27. The molecule has 2 heterocycles. The number of hydrogen-bond acceptors (Lipinski definition) is 5. The van der Waals surface area contributed by atoms with Crippen LogP contribution < -0.4 is 0 Å². The maximum absolute atomic E-state index is 5.35. The lowest BCUT2D eigenvalue weighted by molar-refractivity contribution is 0.212. The van der Waals surface area contributed by atoms with Crippen LogP contribution in [0.3, 0.4) is 0 Å². The molecule has 2 aromatic rings. The molecule has 1 saturated heterocycles. The van der Waals surface area contributed by atoms with Crippen LogP contribution in [-0.2, 0) is 12.3 Å². The van der Waals surface area contributed by atoms with E-state index in [1.54, 1.807) is 11.8 Å². The third-order valence-electron chi connectivity index (χ3n) is 3.67. The van der Waals surface area contributed by atoms with Gasteiger partial charge in [0.25, 0.3) is 0 Å². The third-order valence-corrected chi connectivity index (χ3v) is 4.22. The highest BCUT2D eigenvalue weighted by Crippen LogP contribution is 2.32. The minimum Gasteiger partial charge on any atom is -0.338 e. The summed E-state index contributed by atoms with van der Waals surface area (Å²) in [5.41, 5.74) is 1.38. The summed E-state index contributed by atoms with van der Waals surface area (Å²) in [5, 5.41) is 4.01. The van der Waals surface area contributed by atoms with Crippen molar-refractivity contribution in [1.29, 1.82) is 0 Å². The fraction of sp³-hybridized carbons (Fsp3) is 0.467. The highest BCUT2D eigenvalue weighted by atomic mass is 32.2. The number of aromatic nitrogens is 2. The lowest BCUT2D eigenvalue weighted by atomic mass is 10.0. The summed E-state index contributed by atoms with van der Waals surface area (Å²) in [6, 6.07) is 11.2. The number of rotatable bonds is 5. The Bertz CT molecular complexity index is 543. The van der Waals surface area contributed by atoms with Gasteiger partial charge in [0.2, 0.25) is 5.89 Å². The van der Waals surface area contributed by atoms with E-state index in [0.717, 1.165) is 30.6 Å². The first-order valence-corrected chi connectivity index (χ1v) is 8.35. The second-order valence-corrected chi connectivity index (χ2v) is 5.94. The summed E-state index contributed by atoms with van der Waals surface area (Å²) in [7, 11) is 0. The van der Waals surface area contributed by atoms with Gasteiger partial charge in [-0.3, -0.25) is 4.90 Å². The Morgan fingerprint density at radius 1 is 1.35 bits per heavy atom. The number of nitrogens with zero attached hydrogens (tertiary/aromatic N) is 3. The molecule has 1 aromatic carbocycles. The Balaban J connectivity index is 1.69. The quantitative estimate of drug-likeness (QED) is 0.845. The monoisotopic (exact) mass is 289 g/mol. The molecule has 20 heavy (non-hydrogen) atoms. The standard InChI is InChI=1S/C15H19N3OS/c1-20-11-14-16-15(19-17-14)10-18-9-5-8-13(18)12-6-3-2-4-7-12/h2-4,6-7,13H,5,8-11H2,1H3. The SMILES string of the molecule is CSCc1noc(CN2CCCC2c2ccccc2)n1. The highest BCUT2D eigenvalue weighted by molar-refractivity contribution is 7.97. The average molecular weight is 289 g/mol. The Labute approximate surface area is 123 Å². The summed E-state index contributed by atoms with van der Waals surface area (Å²) in [4.78, 5) is 6.89. The van der Waals surface area contributed by atoms with E-state index in [1.807, 2.05) is 6.26 Å². The lowest BCUT2D eigenvalue weighted by Gasteiger charge is -2.22. The van der Waals surface area contributed by atoms with Crippen LogP contribution in [0.2, 0.25) is 0 Å². The minimum atomic E-state index is 0.479. The van der Waals surface area contributed by atoms with Crippen LogP contribution in [0.15, 0.2) is 34.9 Å². The predicted octanol–water partition coefficient (Wildman–Crippen LogP) is 3.27. The largest absolute Gasteiger partial charge is 0.338 e. The van der Waals surface area contributed by atoms with Crippen LogP contribution in [0.5, 0.6) is 0 Å². The fourth-order valence-corrected chi connectivity index (χ4v) is 3.16. The molecule has 1 aromatic heterocycles. The van der Waals surface area contributed by atoms with Crippen molar-refractivity contribution in [2.24, 2.45) is 0 Å². The van der Waals surface area contributed by atoms with Crippen molar-refractivity contribution in [3.8, 4) is 0 Å². The molecule has 1 atom stereocenters. The maximum Gasteiger partial charge on any atom is 0.240 e. The molecule has 0 aliphatic carbocycles. The average Bonchev–Trinajstić information content (AvgIpc) is 3.10. The van der Waals surface area contributed by atoms with Gasteiger partial charge in [-0.1, -0.05) is 35.5 Å². The van der Waals surface area contributed by atoms with Crippen molar-refractivity contribution in [3.63, 3.8) is 0 Å². The lowest BCUT2D eigenvalue weighted by Crippen LogP contribution is -2.22. The minimum absolute atomic E-state index is 0.479. The molecule has 0 radical (unpaired) electrons. The van der Waals surface area contributed by atoms with Gasteiger partial charge in [0, 0.05) is 6.04 Å². The van der Waals surface area contributed by atoms with Gasteiger partial charge in [-0.15, -0.1) is 0 Å². The van der Waals surface area contributed by atoms with E-state index in [1.165, 1.54) is 18.4 Å². The molecule has 1 fully saturated rings. The molecular formula is C15H19N3OS. The molecule has 0 bridgehead atoms. The van der Waals surface area contributed by atoms with Gasteiger partial charge >= 0.3 is 0 Å². The second kappa shape index (κ2) is 6.41. The molecule has 1 unspecified atom stereocenters. The van der Waals surface area contributed by atoms with Gasteiger partial charge in [-0.25, -0.2) is 0 Å². The van der Waals surface area contributed by atoms with E-state index in [-0.39, 0.29) is 0 Å². The van der Waals surface area contributed by atoms with E-state index in [4.69, 9.17) is 4.52 Å². The van der Waals surface area contributed by atoms with Crippen molar-refractivity contribution >= 4 is 11.8 Å². The molecule has 1 aliphatic heterocycles. The van der Waals surface area contributed by atoms with E-state index < -0.39 is 0 Å². The molecule has 0 N–H and O–H groups in total. The summed E-state index contributed by atoms with van der Waals surface area (Å²) in [6.45, 7) is 1.85.